The maximum atomic E-state index is 11.9. The Morgan fingerprint density at radius 3 is 2.53 bits per heavy atom. The number of thiophene rings is 1. The number of hydrogen-bond donors (Lipinski definition) is 0. The summed E-state index contributed by atoms with van der Waals surface area (Å²) in [6.45, 7) is 5.74. The molecule has 17 heavy (non-hydrogen) atoms. The second-order valence-corrected chi connectivity index (χ2v) is 4.69. The lowest BCUT2D eigenvalue weighted by molar-refractivity contribution is -0.129. The van der Waals surface area contributed by atoms with Crippen LogP contribution in [0, 0.1) is 0 Å². The van der Waals surface area contributed by atoms with Gasteiger partial charge < -0.3 is 9.80 Å². The smallest absolute Gasteiger partial charge is 0.242 e. The van der Waals surface area contributed by atoms with Gasteiger partial charge in [0.2, 0.25) is 5.91 Å². The molecule has 0 aliphatic heterocycles. The number of likely N-dealkylation sites (N-methyl/N-ethyl adjacent to an activating group) is 2. The maximum Gasteiger partial charge on any atom is 0.242 e. The molecule has 94 valence electrons. The van der Waals surface area contributed by atoms with E-state index in [1.807, 2.05) is 31.2 Å². The van der Waals surface area contributed by atoms with E-state index in [0.29, 0.717) is 11.4 Å². The Balaban J connectivity index is 2.62. The summed E-state index contributed by atoms with van der Waals surface area (Å²) < 4.78 is 0. The molecule has 0 unspecified atom stereocenters. The van der Waals surface area contributed by atoms with Crippen molar-refractivity contribution in [2.24, 2.45) is 0 Å². The third kappa shape index (κ3) is 3.56. The fraction of sp³-hybridized carbons (Fsp3) is 0.500. The van der Waals surface area contributed by atoms with Crippen LogP contribution in [-0.2, 0) is 4.79 Å². The van der Waals surface area contributed by atoms with E-state index in [9.17, 15) is 9.59 Å². The van der Waals surface area contributed by atoms with Crippen LogP contribution in [0.5, 0.6) is 0 Å². The normalized spacial score (nSPS) is 10.1. The molecule has 0 aliphatic rings. The lowest BCUT2D eigenvalue weighted by atomic mass is 10.3. The lowest BCUT2D eigenvalue weighted by Crippen LogP contribution is -2.38. The molecule has 1 aromatic rings. The third-order valence-electron chi connectivity index (χ3n) is 2.65. The Labute approximate surface area is 106 Å². The Bertz CT molecular complexity index is 386. The van der Waals surface area contributed by atoms with Crippen molar-refractivity contribution in [1.29, 1.82) is 0 Å². The van der Waals surface area contributed by atoms with Crippen molar-refractivity contribution in [2.45, 2.75) is 13.8 Å². The molecule has 1 rings (SSSR count). The van der Waals surface area contributed by atoms with Crippen LogP contribution in [0.3, 0.4) is 0 Å². The lowest BCUT2D eigenvalue weighted by Gasteiger charge is -2.23. The number of carbonyl (C=O) groups is 2. The summed E-state index contributed by atoms with van der Waals surface area (Å²) in [6, 6.07) is 1.80. The Kier molecular flexibility index (Phi) is 5.15. The number of carbonyl (C=O) groups excluding carboxylic acids is 2. The predicted molar refractivity (Wildman–Crippen MR) is 70.9 cm³/mol. The van der Waals surface area contributed by atoms with Gasteiger partial charge in [0.15, 0.2) is 6.29 Å². The SMILES string of the molecule is CCN(CC)C(=O)CN(C)c1csc(C=O)c1. The van der Waals surface area contributed by atoms with E-state index in [1.54, 1.807) is 11.0 Å². The first-order chi connectivity index (χ1) is 8.12. The largest absolute Gasteiger partial charge is 0.365 e. The standard InChI is InChI=1S/C12H18N2O2S/c1-4-14(5-2)12(16)7-13(3)10-6-11(8-15)17-9-10/h6,8-9H,4-5,7H2,1-3H3. The van der Waals surface area contributed by atoms with Crippen LogP contribution in [0.1, 0.15) is 23.5 Å². The summed E-state index contributed by atoms with van der Waals surface area (Å²) in [5.74, 6) is 0.108. The second-order valence-electron chi connectivity index (χ2n) is 3.75. The van der Waals surface area contributed by atoms with Crippen LogP contribution in [-0.4, -0.2) is 43.8 Å². The summed E-state index contributed by atoms with van der Waals surface area (Å²) in [6.07, 6.45) is 0.828. The van der Waals surface area contributed by atoms with Crippen LogP contribution in [0.15, 0.2) is 11.4 Å². The highest BCUT2D eigenvalue weighted by atomic mass is 32.1. The number of hydrogen-bond acceptors (Lipinski definition) is 4. The molecule has 0 fully saturated rings. The minimum absolute atomic E-state index is 0.108. The molecule has 0 atom stereocenters. The summed E-state index contributed by atoms with van der Waals surface area (Å²) in [5, 5.41) is 1.89. The second kappa shape index (κ2) is 6.39. The van der Waals surface area contributed by atoms with Gasteiger partial charge in [-0.2, -0.15) is 0 Å². The molecule has 1 amide bonds. The Morgan fingerprint density at radius 2 is 2.06 bits per heavy atom. The van der Waals surface area contributed by atoms with Crippen LogP contribution < -0.4 is 4.90 Å². The fourth-order valence-corrected chi connectivity index (χ4v) is 2.32. The molecule has 5 heteroatoms. The number of rotatable bonds is 6. The number of aldehydes is 1. The monoisotopic (exact) mass is 254 g/mol. The van der Waals surface area contributed by atoms with Crippen LogP contribution >= 0.6 is 11.3 Å². The summed E-state index contributed by atoms with van der Waals surface area (Å²) in [4.78, 5) is 26.8. The summed E-state index contributed by atoms with van der Waals surface area (Å²) in [7, 11) is 1.86. The molecule has 0 aromatic carbocycles. The van der Waals surface area contributed by atoms with Gasteiger partial charge in [-0.3, -0.25) is 9.59 Å². The average Bonchev–Trinajstić information content (AvgIpc) is 2.79. The summed E-state index contributed by atoms with van der Waals surface area (Å²) >= 11 is 1.39. The summed E-state index contributed by atoms with van der Waals surface area (Å²) in [5.41, 5.74) is 0.914. The highest BCUT2D eigenvalue weighted by Crippen LogP contribution is 2.20. The minimum atomic E-state index is 0.108. The molecular weight excluding hydrogens is 236 g/mol. The Morgan fingerprint density at radius 1 is 1.41 bits per heavy atom. The first-order valence-electron chi connectivity index (χ1n) is 5.65. The molecule has 4 nitrogen and oxygen atoms in total. The predicted octanol–water partition coefficient (Wildman–Crippen LogP) is 1.87. The van der Waals surface area contributed by atoms with Gasteiger partial charge in [0, 0.05) is 31.2 Å². The van der Waals surface area contributed by atoms with Gasteiger partial charge >= 0.3 is 0 Å². The molecule has 1 aromatic heterocycles. The van der Waals surface area contributed by atoms with E-state index in [4.69, 9.17) is 0 Å². The highest BCUT2D eigenvalue weighted by Gasteiger charge is 2.13. The first kappa shape index (κ1) is 13.7. The molecule has 0 spiro atoms. The maximum absolute atomic E-state index is 11.9. The van der Waals surface area contributed by atoms with E-state index in [0.717, 1.165) is 25.1 Å². The number of anilines is 1. The van der Waals surface area contributed by atoms with Gasteiger partial charge in [-0.05, 0) is 19.9 Å². The van der Waals surface area contributed by atoms with Crippen LogP contribution in [0.4, 0.5) is 5.69 Å². The van der Waals surface area contributed by atoms with Gasteiger partial charge in [0.1, 0.15) is 0 Å². The minimum Gasteiger partial charge on any atom is -0.365 e. The third-order valence-corrected chi connectivity index (χ3v) is 3.50. The van der Waals surface area contributed by atoms with Gasteiger partial charge in [-0.15, -0.1) is 11.3 Å². The van der Waals surface area contributed by atoms with Crippen molar-refractivity contribution in [2.75, 3.05) is 31.6 Å². The molecule has 0 aliphatic carbocycles. The molecule has 0 bridgehead atoms. The fourth-order valence-electron chi connectivity index (χ4n) is 1.57. The quantitative estimate of drug-likeness (QED) is 0.728. The van der Waals surface area contributed by atoms with Crippen molar-refractivity contribution in [3.63, 3.8) is 0 Å². The molecule has 0 radical (unpaired) electrons. The molecular formula is C12H18N2O2S. The average molecular weight is 254 g/mol. The Hall–Kier alpha value is -1.36. The highest BCUT2D eigenvalue weighted by molar-refractivity contribution is 7.12. The van der Waals surface area contributed by atoms with Gasteiger partial charge in [0.05, 0.1) is 11.4 Å². The van der Waals surface area contributed by atoms with E-state index in [-0.39, 0.29) is 5.91 Å². The number of nitrogens with zero attached hydrogens (tertiary/aromatic N) is 2. The zero-order chi connectivity index (χ0) is 12.8. The topological polar surface area (TPSA) is 40.6 Å². The van der Waals surface area contributed by atoms with E-state index >= 15 is 0 Å². The van der Waals surface area contributed by atoms with Crippen LogP contribution in [0.25, 0.3) is 0 Å². The van der Waals surface area contributed by atoms with Crippen LogP contribution in [0.2, 0.25) is 0 Å². The molecule has 1 heterocycles. The number of amides is 1. The van der Waals surface area contributed by atoms with Crippen molar-refractivity contribution in [1.82, 2.24) is 4.90 Å². The van der Waals surface area contributed by atoms with Crippen molar-refractivity contribution in [3.05, 3.63) is 16.3 Å². The van der Waals surface area contributed by atoms with E-state index in [1.165, 1.54) is 11.3 Å². The molecule has 0 saturated carbocycles. The van der Waals surface area contributed by atoms with E-state index in [2.05, 4.69) is 0 Å². The first-order valence-corrected chi connectivity index (χ1v) is 6.52. The van der Waals surface area contributed by atoms with E-state index < -0.39 is 0 Å². The van der Waals surface area contributed by atoms with Gasteiger partial charge in [0.25, 0.3) is 0 Å². The molecule has 0 saturated heterocycles. The van der Waals surface area contributed by atoms with Gasteiger partial charge in [-0.25, -0.2) is 0 Å². The van der Waals surface area contributed by atoms with Gasteiger partial charge in [-0.1, -0.05) is 0 Å². The van der Waals surface area contributed by atoms with Crippen molar-refractivity contribution in [3.8, 4) is 0 Å². The zero-order valence-corrected chi connectivity index (χ0v) is 11.3. The van der Waals surface area contributed by atoms with Crippen molar-refractivity contribution >= 4 is 29.2 Å². The molecule has 0 N–H and O–H groups in total. The van der Waals surface area contributed by atoms with Crippen molar-refractivity contribution < 1.29 is 9.59 Å². The zero-order valence-electron chi connectivity index (χ0n) is 10.5.